The first-order chi connectivity index (χ1) is 8.50. The molecule has 0 N–H and O–H groups in total. The van der Waals surface area contributed by atoms with Crippen LogP contribution in [0.1, 0.15) is 21.7 Å². The first-order valence-corrected chi connectivity index (χ1v) is 6.18. The first kappa shape index (κ1) is 12.8. The summed E-state index contributed by atoms with van der Waals surface area (Å²) in [5.74, 6) is -0.0614. The fraction of sp³-hybridized carbons (Fsp3) is 0.250. The summed E-state index contributed by atoms with van der Waals surface area (Å²) >= 11 is 3.38. The minimum atomic E-state index is -0.0614. The van der Waals surface area contributed by atoms with Gasteiger partial charge in [-0.15, -0.1) is 0 Å². The highest BCUT2D eigenvalue weighted by Gasteiger charge is 2.10. The zero-order chi connectivity index (χ0) is 13.3. The van der Waals surface area contributed by atoms with Gasteiger partial charge in [0, 0.05) is 19.8 Å². The van der Waals surface area contributed by atoms with Crippen molar-refractivity contribution in [2.24, 2.45) is 14.1 Å². The Balaban J connectivity index is 2.25. The number of nitrogens with zero attached hydrogens (tertiary/aromatic N) is 4. The molecule has 0 spiro atoms. The second-order valence-corrected chi connectivity index (χ2v) is 4.82. The predicted molar refractivity (Wildman–Crippen MR) is 72.2 cm³/mol. The molecular weight excluding hydrogens is 296 g/mol. The second-order valence-electron chi connectivity index (χ2n) is 3.97. The predicted octanol–water partition coefficient (Wildman–Crippen LogP) is 2.12. The number of carbonyl (C=O) groups is 1. The molecule has 0 aliphatic rings. The van der Waals surface area contributed by atoms with Gasteiger partial charge in [-0.25, -0.2) is 0 Å². The third-order valence-corrected chi connectivity index (χ3v) is 3.44. The Morgan fingerprint density at radius 3 is 2.44 bits per heavy atom. The molecule has 18 heavy (non-hydrogen) atoms. The van der Waals surface area contributed by atoms with Crippen molar-refractivity contribution in [2.75, 3.05) is 0 Å². The van der Waals surface area contributed by atoms with Crippen LogP contribution in [0, 0.1) is 6.92 Å². The molecule has 0 bridgehead atoms. The highest BCUT2D eigenvalue weighted by atomic mass is 79.9. The average molecular weight is 309 g/mol. The van der Waals surface area contributed by atoms with E-state index in [4.69, 9.17) is 0 Å². The molecule has 0 aromatic carbocycles. The van der Waals surface area contributed by atoms with Gasteiger partial charge in [0.1, 0.15) is 0 Å². The molecule has 0 atom stereocenters. The van der Waals surface area contributed by atoms with Crippen molar-refractivity contribution in [3.8, 4) is 0 Å². The molecule has 0 aliphatic carbocycles. The quantitative estimate of drug-likeness (QED) is 0.644. The Kier molecular flexibility index (Phi) is 3.47. The van der Waals surface area contributed by atoms with Crippen LogP contribution in [0.5, 0.6) is 0 Å². The third kappa shape index (κ3) is 2.28. The molecule has 2 aromatic heterocycles. The number of ketones is 1. The minimum absolute atomic E-state index is 0.0614. The monoisotopic (exact) mass is 308 g/mol. The zero-order valence-corrected chi connectivity index (χ0v) is 12.0. The summed E-state index contributed by atoms with van der Waals surface area (Å²) in [5.41, 5.74) is 2.32. The van der Waals surface area contributed by atoms with Crippen molar-refractivity contribution in [3.05, 3.63) is 39.9 Å². The van der Waals surface area contributed by atoms with Crippen molar-refractivity contribution < 1.29 is 4.79 Å². The topological polar surface area (TPSA) is 52.7 Å². The lowest BCUT2D eigenvalue weighted by molar-refractivity contribution is 0.104. The molecular formula is C12H13BrN4O. The molecule has 0 saturated carbocycles. The number of allylic oxidation sites excluding steroid dienone is 1. The van der Waals surface area contributed by atoms with Crippen molar-refractivity contribution in [3.63, 3.8) is 0 Å². The molecule has 0 fully saturated rings. The third-order valence-electron chi connectivity index (χ3n) is 2.83. The fourth-order valence-electron chi connectivity index (χ4n) is 1.59. The fourth-order valence-corrected chi connectivity index (χ4v) is 2.07. The Hall–Kier alpha value is -1.69. The van der Waals surface area contributed by atoms with Crippen LogP contribution in [-0.2, 0) is 14.1 Å². The van der Waals surface area contributed by atoms with E-state index < -0.39 is 0 Å². The van der Waals surface area contributed by atoms with Gasteiger partial charge >= 0.3 is 0 Å². The lowest BCUT2D eigenvalue weighted by atomic mass is 10.1. The Morgan fingerprint density at radius 1 is 1.28 bits per heavy atom. The number of aryl methyl sites for hydroxylation is 2. The lowest BCUT2D eigenvalue weighted by Gasteiger charge is -1.97. The Labute approximate surface area is 113 Å². The molecule has 0 unspecified atom stereocenters. The van der Waals surface area contributed by atoms with Gasteiger partial charge < -0.3 is 0 Å². The number of hydrogen-bond acceptors (Lipinski definition) is 3. The number of halogens is 1. The summed E-state index contributed by atoms with van der Waals surface area (Å²) < 4.78 is 4.24. The first-order valence-electron chi connectivity index (χ1n) is 5.39. The van der Waals surface area contributed by atoms with Crippen molar-refractivity contribution in [2.45, 2.75) is 6.92 Å². The maximum absolute atomic E-state index is 12.0. The van der Waals surface area contributed by atoms with E-state index in [2.05, 4.69) is 26.1 Å². The zero-order valence-electron chi connectivity index (χ0n) is 10.4. The Morgan fingerprint density at radius 2 is 1.94 bits per heavy atom. The molecule has 5 nitrogen and oxygen atoms in total. The lowest BCUT2D eigenvalue weighted by Crippen LogP contribution is -1.99. The van der Waals surface area contributed by atoms with E-state index in [0.717, 1.165) is 15.9 Å². The molecule has 0 aliphatic heterocycles. The number of rotatable bonds is 3. The van der Waals surface area contributed by atoms with Crippen LogP contribution in [0.25, 0.3) is 6.08 Å². The summed E-state index contributed by atoms with van der Waals surface area (Å²) in [5, 5.41) is 8.13. The van der Waals surface area contributed by atoms with Gasteiger partial charge in [0.15, 0.2) is 5.78 Å². The van der Waals surface area contributed by atoms with E-state index in [1.807, 2.05) is 21.0 Å². The average Bonchev–Trinajstić information content (AvgIpc) is 2.82. The van der Waals surface area contributed by atoms with Gasteiger partial charge in [-0.05, 0) is 35.0 Å². The molecule has 0 amide bonds. The number of hydrogen-bond donors (Lipinski definition) is 0. The number of aromatic nitrogens is 4. The van der Waals surface area contributed by atoms with Gasteiger partial charge in [0.05, 0.1) is 28.1 Å². The molecule has 0 radical (unpaired) electrons. The van der Waals surface area contributed by atoms with Crippen molar-refractivity contribution in [1.82, 2.24) is 19.6 Å². The van der Waals surface area contributed by atoms with E-state index in [9.17, 15) is 4.79 Å². The molecule has 94 valence electrons. The minimum Gasteiger partial charge on any atom is -0.289 e. The maximum atomic E-state index is 12.0. The summed E-state index contributed by atoms with van der Waals surface area (Å²) in [6.45, 7) is 1.87. The van der Waals surface area contributed by atoms with Crippen LogP contribution in [0.15, 0.2) is 22.9 Å². The SMILES string of the molecule is Cc1c(C(=O)/C=C/c2c(Br)cnn2C)cnn1C. The summed E-state index contributed by atoms with van der Waals surface area (Å²) in [4.78, 5) is 12.0. The van der Waals surface area contributed by atoms with Gasteiger partial charge in [0.25, 0.3) is 0 Å². The van der Waals surface area contributed by atoms with Crippen LogP contribution in [0.2, 0.25) is 0 Å². The van der Waals surface area contributed by atoms with Crippen molar-refractivity contribution in [1.29, 1.82) is 0 Å². The second kappa shape index (κ2) is 4.89. The maximum Gasteiger partial charge on any atom is 0.189 e. The van der Waals surface area contributed by atoms with Gasteiger partial charge in [-0.1, -0.05) is 0 Å². The van der Waals surface area contributed by atoms with Crippen LogP contribution in [0.3, 0.4) is 0 Å². The summed E-state index contributed by atoms with van der Waals surface area (Å²) in [7, 11) is 3.64. The van der Waals surface area contributed by atoms with Gasteiger partial charge in [0.2, 0.25) is 0 Å². The normalized spacial score (nSPS) is 11.3. The highest BCUT2D eigenvalue weighted by molar-refractivity contribution is 9.10. The van der Waals surface area contributed by atoms with Crippen molar-refractivity contribution >= 4 is 27.8 Å². The standard InChI is InChI=1S/C12H13BrN4O/c1-8-9(6-14-16(8)2)12(18)5-4-11-10(13)7-15-17(11)3/h4-7H,1-3H3/b5-4+. The molecule has 0 saturated heterocycles. The van der Waals surface area contributed by atoms with E-state index in [-0.39, 0.29) is 5.78 Å². The summed E-state index contributed by atoms with van der Waals surface area (Å²) in [6, 6.07) is 0. The highest BCUT2D eigenvalue weighted by Crippen LogP contribution is 2.17. The van der Waals surface area contributed by atoms with Crippen LogP contribution in [-0.4, -0.2) is 25.3 Å². The molecule has 2 heterocycles. The largest absolute Gasteiger partial charge is 0.289 e. The summed E-state index contributed by atoms with van der Waals surface area (Å²) in [6.07, 6.45) is 6.55. The van der Waals surface area contributed by atoms with Crippen LogP contribution >= 0.6 is 15.9 Å². The molecule has 2 rings (SSSR count). The van der Waals surface area contributed by atoms with Crippen LogP contribution < -0.4 is 0 Å². The van der Waals surface area contributed by atoms with Gasteiger partial charge in [-0.2, -0.15) is 10.2 Å². The number of carbonyl (C=O) groups excluding carboxylic acids is 1. The van der Waals surface area contributed by atoms with E-state index in [1.165, 1.54) is 6.08 Å². The molecule has 6 heteroatoms. The van der Waals surface area contributed by atoms with Gasteiger partial charge in [-0.3, -0.25) is 14.2 Å². The van der Waals surface area contributed by atoms with E-state index >= 15 is 0 Å². The Bertz CT molecular complexity index is 605. The molecule has 2 aromatic rings. The van der Waals surface area contributed by atoms with E-state index in [0.29, 0.717) is 5.56 Å². The van der Waals surface area contributed by atoms with Crippen LogP contribution in [0.4, 0.5) is 0 Å². The smallest absolute Gasteiger partial charge is 0.189 e. The van der Waals surface area contributed by atoms with E-state index in [1.54, 1.807) is 27.8 Å².